The first-order chi connectivity index (χ1) is 20.8. The van der Waals surface area contributed by atoms with E-state index in [1.807, 2.05) is 11.3 Å². The average Bonchev–Trinajstić information content (AvgIpc) is 3.45. The fraction of sp³-hybridized carbons (Fsp3) is 0. The van der Waals surface area contributed by atoms with Gasteiger partial charge in [0, 0.05) is 31.5 Å². The van der Waals surface area contributed by atoms with Crippen molar-refractivity contribution in [2.75, 3.05) is 4.90 Å². The second-order valence-corrected chi connectivity index (χ2v) is 11.7. The maximum atomic E-state index is 2.42. The lowest BCUT2D eigenvalue weighted by Gasteiger charge is -2.27. The Labute approximate surface area is 249 Å². The largest absolute Gasteiger partial charge is 0.310 e. The van der Waals surface area contributed by atoms with Gasteiger partial charge >= 0.3 is 0 Å². The minimum Gasteiger partial charge on any atom is -0.310 e. The van der Waals surface area contributed by atoms with Crippen molar-refractivity contribution in [2.45, 2.75) is 0 Å². The first-order valence-corrected chi connectivity index (χ1v) is 15.1. The Morgan fingerprint density at radius 2 is 1.05 bits per heavy atom. The highest BCUT2D eigenvalue weighted by Gasteiger charge is 2.19. The van der Waals surface area contributed by atoms with E-state index in [9.17, 15) is 0 Å². The van der Waals surface area contributed by atoms with Crippen molar-refractivity contribution >= 4 is 59.3 Å². The molecule has 7 aromatic carbocycles. The molecule has 1 nitrogen and oxygen atoms in total. The van der Waals surface area contributed by atoms with Crippen molar-refractivity contribution in [1.29, 1.82) is 0 Å². The molecule has 0 atom stereocenters. The minimum absolute atomic E-state index is 1.13. The zero-order chi connectivity index (χ0) is 27.9. The summed E-state index contributed by atoms with van der Waals surface area (Å²) in [4.78, 5) is 2.42. The average molecular weight is 554 g/mol. The van der Waals surface area contributed by atoms with Gasteiger partial charge in [-0.3, -0.25) is 0 Å². The molecule has 0 bridgehead atoms. The Balaban J connectivity index is 1.35. The molecule has 8 aromatic rings. The maximum Gasteiger partial charge on any atom is 0.0554 e. The van der Waals surface area contributed by atoms with E-state index in [4.69, 9.17) is 0 Å². The molecule has 0 fully saturated rings. The van der Waals surface area contributed by atoms with Crippen LogP contribution in [0, 0.1) is 0 Å². The van der Waals surface area contributed by atoms with E-state index >= 15 is 0 Å². The van der Waals surface area contributed by atoms with Crippen LogP contribution in [0.15, 0.2) is 164 Å². The number of anilines is 3. The van der Waals surface area contributed by atoms with Crippen LogP contribution in [0.3, 0.4) is 0 Å². The fourth-order valence-electron chi connectivity index (χ4n) is 6.09. The minimum atomic E-state index is 1.13. The first-order valence-electron chi connectivity index (χ1n) is 14.3. The van der Waals surface area contributed by atoms with Crippen LogP contribution in [-0.4, -0.2) is 0 Å². The van der Waals surface area contributed by atoms with Crippen LogP contribution in [0.5, 0.6) is 0 Å². The molecule has 0 unspecified atom stereocenters. The van der Waals surface area contributed by atoms with Crippen LogP contribution >= 0.6 is 11.3 Å². The summed E-state index contributed by atoms with van der Waals surface area (Å²) in [6.45, 7) is 0. The standard InChI is InChI=1S/C40H27NS/c1-2-11-28(12-3-1)29-23-25-32(26-24-29)41(37-20-10-22-39-40(37)36-18-6-7-21-38(36)42-39)33-16-8-15-31(27-33)35-19-9-14-30-13-4-5-17-34(30)35/h1-27H. The van der Waals surface area contributed by atoms with Gasteiger partial charge in [-0.1, -0.05) is 121 Å². The molecule has 0 radical (unpaired) electrons. The van der Waals surface area contributed by atoms with Crippen LogP contribution in [0.25, 0.3) is 53.2 Å². The van der Waals surface area contributed by atoms with E-state index in [-0.39, 0.29) is 0 Å². The van der Waals surface area contributed by atoms with Crippen molar-refractivity contribution in [1.82, 2.24) is 0 Å². The Kier molecular flexibility index (Phi) is 6.05. The molecule has 0 spiro atoms. The van der Waals surface area contributed by atoms with Crippen LogP contribution in [0.1, 0.15) is 0 Å². The Morgan fingerprint density at radius 1 is 0.405 bits per heavy atom. The number of thiophene rings is 1. The molecule has 198 valence electrons. The van der Waals surface area contributed by atoms with Gasteiger partial charge in [-0.25, -0.2) is 0 Å². The third-order valence-corrected chi connectivity index (χ3v) is 9.20. The van der Waals surface area contributed by atoms with Crippen LogP contribution in [0.2, 0.25) is 0 Å². The molecule has 1 heterocycles. The van der Waals surface area contributed by atoms with Gasteiger partial charge in [0.1, 0.15) is 0 Å². The topological polar surface area (TPSA) is 3.24 Å². The molecule has 0 saturated heterocycles. The zero-order valence-electron chi connectivity index (χ0n) is 22.9. The Bertz CT molecular complexity index is 2190. The Hall–Kier alpha value is -5.18. The van der Waals surface area contributed by atoms with E-state index in [1.165, 1.54) is 58.9 Å². The lowest BCUT2D eigenvalue weighted by molar-refractivity contribution is 1.30. The van der Waals surface area contributed by atoms with Gasteiger partial charge < -0.3 is 4.90 Å². The summed E-state index contributed by atoms with van der Waals surface area (Å²) in [6.07, 6.45) is 0. The van der Waals surface area contributed by atoms with Crippen LogP contribution in [0.4, 0.5) is 17.1 Å². The molecule has 8 rings (SSSR count). The van der Waals surface area contributed by atoms with Crippen molar-refractivity contribution in [2.24, 2.45) is 0 Å². The molecule has 2 heteroatoms. The zero-order valence-corrected chi connectivity index (χ0v) is 23.8. The van der Waals surface area contributed by atoms with E-state index in [0.29, 0.717) is 0 Å². The number of rotatable bonds is 5. The predicted molar refractivity (Wildman–Crippen MR) is 182 cm³/mol. The van der Waals surface area contributed by atoms with Crippen molar-refractivity contribution in [3.05, 3.63) is 164 Å². The second-order valence-electron chi connectivity index (χ2n) is 10.6. The van der Waals surface area contributed by atoms with Gasteiger partial charge in [-0.15, -0.1) is 11.3 Å². The third-order valence-electron chi connectivity index (χ3n) is 8.06. The van der Waals surface area contributed by atoms with E-state index in [1.54, 1.807) is 0 Å². The molecule has 1 aromatic heterocycles. The summed E-state index contributed by atoms with van der Waals surface area (Å²) < 4.78 is 2.61. The van der Waals surface area contributed by atoms with Crippen LogP contribution < -0.4 is 4.90 Å². The normalized spacial score (nSPS) is 11.3. The summed E-state index contributed by atoms with van der Waals surface area (Å²) in [5.41, 5.74) is 8.34. The highest BCUT2D eigenvalue weighted by molar-refractivity contribution is 7.26. The summed E-state index contributed by atoms with van der Waals surface area (Å²) in [5, 5.41) is 5.11. The Morgan fingerprint density at radius 3 is 1.93 bits per heavy atom. The molecular formula is C40H27NS. The molecule has 42 heavy (non-hydrogen) atoms. The van der Waals surface area contributed by atoms with Gasteiger partial charge in [0.15, 0.2) is 0 Å². The predicted octanol–water partition coefficient (Wildman–Crippen LogP) is 12.0. The first kappa shape index (κ1) is 24.6. The van der Waals surface area contributed by atoms with E-state index < -0.39 is 0 Å². The quantitative estimate of drug-likeness (QED) is 0.205. The summed E-state index contributed by atoms with van der Waals surface area (Å²) in [6, 6.07) is 59.2. The van der Waals surface area contributed by atoms with Crippen molar-refractivity contribution in [3.8, 4) is 22.3 Å². The third kappa shape index (κ3) is 4.25. The SMILES string of the molecule is c1ccc(-c2ccc(N(c3cccc(-c4cccc5ccccc45)c3)c3cccc4sc5ccccc5c34)cc2)cc1. The van der Waals surface area contributed by atoms with Crippen LogP contribution in [-0.2, 0) is 0 Å². The molecule has 0 aliphatic carbocycles. The number of hydrogen-bond acceptors (Lipinski definition) is 2. The summed E-state index contributed by atoms with van der Waals surface area (Å²) in [5.74, 6) is 0. The lowest BCUT2D eigenvalue weighted by atomic mass is 9.97. The molecule has 0 aliphatic heterocycles. The maximum absolute atomic E-state index is 2.42. The number of nitrogens with zero attached hydrogens (tertiary/aromatic N) is 1. The highest BCUT2D eigenvalue weighted by Crippen LogP contribution is 2.45. The van der Waals surface area contributed by atoms with Crippen molar-refractivity contribution < 1.29 is 0 Å². The molecule has 0 aliphatic rings. The molecule has 0 amide bonds. The molecule has 0 saturated carbocycles. The van der Waals surface area contributed by atoms with Gasteiger partial charge in [-0.2, -0.15) is 0 Å². The van der Waals surface area contributed by atoms with E-state index in [0.717, 1.165) is 11.4 Å². The number of benzene rings is 7. The van der Waals surface area contributed by atoms with Crippen molar-refractivity contribution in [3.63, 3.8) is 0 Å². The second kappa shape index (κ2) is 10.3. The molecule has 0 N–H and O–H groups in total. The summed E-state index contributed by atoms with van der Waals surface area (Å²) >= 11 is 1.86. The smallest absolute Gasteiger partial charge is 0.0554 e. The monoisotopic (exact) mass is 553 g/mol. The van der Waals surface area contributed by atoms with Gasteiger partial charge in [-0.05, 0) is 75.5 Å². The fourth-order valence-corrected chi connectivity index (χ4v) is 7.22. The highest BCUT2D eigenvalue weighted by atomic mass is 32.1. The molecular weight excluding hydrogens is 527 g/mol. The lowest BCUT2D eigenvalue weighted by Crippen LogP contribution is -2.10. The van der Waals surface area contributed by atoms with Gasteiger partial charge in [0.05, 0.1) is 5.69 Å². The number of hydrogen-bond donors (Lipinski definition) is 0. The number of fused-ring (bicyclic) bond motifs is 4. The van der Waals surface area contributed by atoms with Gasteiger partial charge in [0.25, 0.3) is 0 Å². The summed E-state index contributed by atoms with van der Waals surface area (Å²) in [7, 11) is 0. The van der Waals surface area contributed by atoms with Gasteiger partial charge in [0.2, 0.25) is 0 Å². The van der Waals surface area contributed by atoms with E-state index in [2.05, 4.69) is 169 Å².